The third-order valence-corrected chi connectivity index (χ3v) is 8.04. The van der Waals surface area contributed by atoms with Gasteiger partial charge in [-0.15, -0.1) is 22.7 Å². The van der Waals surface area contributed by atoms with Crippen LogP contribution in [0.3, 0.4) is 0 Å². The fourth-order valence-corrected chi connectivity index (χ4v) is 6.65. The lowest BCUT2D eigenvalue weighted by Gasteiger charge is -2.25. The molecule has 0 unspecified atom stereocenters. The van der Waals surface area contributed by atoms with Crippen LogP contribution in [0, 0.1) is 0 Å². The van der Waals surface area contributed by atoms with Crippen molar-refractivity contribution in [3.63, 3.8) is 0 Å². The van der Waals surface area contributed by atoms with Gasteiger partial charge in [0.15, 0.2) is 0 Å². The zero-order valence-corrected chi connectivity index (χ0v) is 17.3. The van der Waals surface area contributed by atoms with Gasteiger partial charge < -0.3 is 0 Å². The minimum Gasteiger partial charge on any atom is -0.166 e. The van der Waals surface area contributed by atoms with E-state index >= 15 is 0 Å². The number of fused-ring (bicyclic) bond motifs is 8. The standard InChI is InChI=1S/C25H15F3S2/c26-25(27,28)20-4-2-1-3-14(20)5-8-17-13-16-7-10-19-21-18(22(19)24(16)30-17)9-6-15-11-12-29-23(15)21/h1-4,6-7,9-13H,5,8H2. The zero-order chi connectivity index (χ0) is 20.5. The predicted octanol–water partition coefficient (Wildman–Crippen LogP) is 8.57. The Bertz CT molecular complexity index is 1440. The lowest BCUT2D eigenvalue weighted by molar-refractivity contribution is -0.138. The van der Waals surface area contributed by atoms with Gasteiger partial charge in [0.1, 0.15) is 0 Å². The molecule has 0 saturated heterocycles. The van der Waals surface area contributed by atoms with Crippen LogP contribution in [0.4, 0.5) is 13.2 Å². The summed E-state index contributed by atoms with van der Waals surface area (Å²) < 4.78 is 42.4. The van der Waals surface area contributed by atoms with Crippen molar-refractivity contribution in [2.24, 2.45) is 0 Å². The molecule has 6 rings (SSSR count). The molecular weight excluding hydrogens is 421 g/mol. The second-order valence-corrected chi connectivity index (χ2v) is 9.65. The van der Waals surface area contributed by atoms with E-state index in [1.54, 1.807) is 34.8 Å². The van der Waals surface area contributed by atoms with Crippen LogP contribution in [0.15, 0.2) is 66.0 Å². The maximum atomic E-state index is 13.3. The van der Waals surface area contributed by atoms with Crippen molar-refractivity contribution in [2.75, 3.05) is 0 Å². The molecule has 0 aliphatic heterocycles. The van der Waals surface area contributed by atoms with Crippen LogP contribution >= 0.6 is 22.7 Å². The van der Waals surface area contributed by atoms with Gasteiger partial charge >= 0.3 is 6.18 Å². The molecule has 0 amide bonds. The molecule has 0 bridgehead atoms. The van der Waals surface area contributed by atoms with Crippen LogP contribution in [-0.4, -0.2) is 0 Å². The summed E-state index contributed by atoms with van der Waals surface area (Å²) in [7, 11) is 0. The summed E-state index contributed by atoms with van der Waals surface area (Å²) >= 11 is 3.49. The van der Waals surface area contributed by atoms with Gasteiger partial charge in [-0.2, -0.15) is 13.2 Å². The van der Waals surface area contributed by atoms with Gasteiger partial charge in [-0.3, -0.25) is 0 Å². The van der Waals surface area contributed by atoms with Crippen LogP contribution < -0.4 is 0 Å². The Hall–Kier alpha value is -2.63. The van der Waals surface area contributed by atoms with E-state index in [-0.39, 0.29) is 0 Å². The molecule has 0 spiro atoms. The van der Waals surface area contributed by atoms with Gasteiger partial charge in [0, 0.05) is 25.4 Å². The molecule has 2 aromatic heterocycles. The molecule has 0 fully saturated rings. The van der Waals surface area contributed by atoms with Gasteiger partial charge in [0.25, 0.3) is 0 Å². The number of rotatable bonds is 3. The van der Waals surface area contributed by atoms with Crippen LogP contribution in [0.5, 0.6) is 0 Å². The van der Waals surface area contributed by atoms with E-state index in [0.717, 1.165) is 4.88 Å². The van der Waals surface area contributed by atoms with Crippen molar-refractivity contribution >= 4 is 42.8 Å². The second-order valence-electron chi connectivity index (χ2n) is 7.60. The Labute approximate surface area is 179 Å². The summed E-state index contributed by atoms with van der Waals surface area (Å²) in [5.74, 6) is 0. The number of hydrogen-bond donors (Lipinski definition) is 0. The number of benzene rings is 3. The van der Waals surface area contributed by atoms with Gasteiger partial charge in [-0.05, 0) is 63.9 Å². The maximum Gasteiger partial charge on any atom is 0.416 e. The molecular formula is C25H15F3S2. The maximum absolute atomic E-state index is 13.3. The fourth-order valence-electron chi connectivity index (χ4n) is 4.47. The Kier molecular flexibility index (Phi) is 3.89. The Morgan fingerprint density at radius 3 is 2.27 bits per heavy atom. The highest BCUT2D eigenvalue weighted by atomic mass is 32.1. The van der Waals surface area contributed by atoms with Crippen LogP contribution in [0.25, 0.3) is 42.4 Å². The third kappa shape index (κ3) is 2.65. The largest absolute Gasteiger partial charge is 0.416 e. The molecule has 0 radical (unpaired) electrons. The zero-order valence-electron chi connectivity index (χ0n) is 15.7. The number of alkyl halides is 3. The minimum atomic E-state index is -4.31. The highest BCUT2D eigenvalue weighted by molar-refractivity contribution is 7.20. The average molecular weight is 437 g/mol. The van der Waals surface area contributed by atoms with Gasteiger partial charge in [-0.1, -0.05) is 42.5 Å². The second kappa shape index (κ2) is 6.43. The summed E-state index contributed by atoms with van der Waals surface area (Å²) in [6.07, 6.45) is -3.31. The van der Waals surface area contributed by atoms with Gasteiger partial charge in [-0.25, -0.2) is 0 Å². The van der Waals surface area contributed by atoms with Crippen molar-refractivity contribution in [1.29, 1.82) is 0 Å². The molecule has 5 heteroatoms. The number of hydrogen-bond acceptors (Lipinski definition) is 2. The average Bonchev–Trinajstić information content (AvgIpc) is 3.33. The van der Waals surface area contributed by atoms with Crippen LogP contribution in [0.1, 0.15) is 16.0 Å². The number of thiophene rings is 2. The predicted molar refractivity (Wildman–Crippen MR) is 120 cm³/mol. The van der Waals surface area contributed by atoms with E-state index in [4.69, 9.17) is 0 Å². The van der Waals surface area contributed by atoms with Crippen molar-refractivity contribution in [2.45, 2.75) is 19.0 Å². The van der Waals surface area contributed by atoms with Gasteiger partial charge in [0.05, 0.1) is 5.56 Å². The molecule has 2 heterocycles. The highest BCUT2D eigenvalue weighted by Gasteiger charge is 2.33. The molecule has 1 aliphatic carbocycles. The van der Waals surface area contributed by atoms with E-state index in [0.29, 0.717) is 18.4 Å². The number of halogens is 3. The first kappa shape index (κ1) is 18.2. The van der Waals surface area contributed by atoms with Crippen molar-refractivity contribution < 1.29 is 13.2 Å². The Morgan fingerprint density at radius 1 is 0.733 bits per heavy atom. The fraction of sp³-hybridized carbons (Fsp3) is 0.120. The van der Waals surface area contributed by atoms with Crippen LogP contribution in [0.2, 0.25) is 0 Å². The summed E-state index contributed by atoms with van der Waals surface area (Å²) in [6.45, 7) is 0. The normalized spacial score (nSPS) is 12.8. The van der Waals surface area contributed by atoms with E-state index in [9.17, 15) is 13.2 Å². The molecule has 30 heavy (non-hydrogen) atoms. The van der Waals surface area contributed by atoms with Gasteiger partial charge in [0.2, 0.25) is 0 Å². The molecule has 0 nitrogen and oxygen atoms in total. The SMILES string of the molecule is FC(F)(F)c1ccccc1CCc1cc2ccc3c(c2s1)-c1ccc2ccsc2c1-3. The minimum absolute atomic E-state index is 0.362. The summed E-state index contributed by atoms with van der Waals surface area (Å²) in [6, 6.07) is 18.9. The van der Waals surface area contributed by atoms with E-state index in [1.807, 2.05) is 0 Å². The summed E-state index contributed by atoms with van der Waals surface area (Å²) in [5.41, 5.74) is 5.06. The first-order chi connectivity index (χ1) is 14.5. The third-order valence-electron chi connectivity index (χ3n) is 5.86. The summed E-state index contributed by atoms with van der Waals surface area (Å²) in [5, 5.41) is 4.58. The molecule has 5 aromatic rings. The molecule has 3 aromatic carbocycles. The molecule has 148 valence electrons. The van der Waals surface area contributed by atoms with E-state index in [2.05, 4.69) is 41.8 Å². The molecule has 0 atom stereocenters. The quantitative estimate of drug-likeness (QED) is 0.261. The topological polar surface area (TPSA) is 0 Å². The van der Waals surface area contributed by atoms with E-state index in [1.165, 1.54) is 54.6 Å². The lowest BCUT2D eigenvalue weighted by atomic mass is 9.79. The number of aryl methyl sites for hydroxylation is 2. The first-order valence-corrected chi connectivity index (χ1v) is 11.4. The summed E-state index contributed by atoms with van der Waals surface area (Å²) in [4.78, 5) is 1.13. The van der Waals surface area contributed by atoms with Crippen molar-refractivity contribution in [3.8, 4) is 22.3 Å². The van der Waals surface area contributed by atoms with E-state index < -0.39 is 11.7 Å². The van der Waals surface area contributed by atoms with Crippen molar-refractivity contribution in [3.05, 3.63) is 82.0 Å². The Balaban J connectivity index is 1.35. The molecule has 0 saturated carbocycles. The molecule has 0 N–H and O–H groups in total. The monoisotopic (exact) mass is 436 g/mol. The van der Waals surface area contributed by atoms with Crippen LogP contribution in [-0.2, 0) is 19.0 Å². The van der Waals surface area contributed by atoms with Crippen molar-refractivity contribution in [1.82, 2.24) is 0 Å². The first-order valence-electron chi connectivity index (χ1n) is 9.72. The molecule has 1 aliphatic rings. The smallest absolute Gasteiger partial charge is 0.166 e. The lowest BCUT2D eigenvalue weighted by Crippen LogP contribution is -2.09. The highest BCUT2D eigenvalue weighted by Crippen LogP contribution is 2.55. The Morgan fingerprint density at radius 2 is 1.47 bits per heavy atom.